The minimum absolute atomic E-state index is 0.0143. The van der Waals surface area contributed by atoms with Crippen LogP contribution in [0.1, 0.15) is 16.1 Å². The molecule has 146 valence electrons. The van der Waals surface area contributed by atoms with Gasteiger partial charge in [0.25, 0.3) is 5.56 Å². The zero-order chi connectivity index (χ0) is 20.5. The number of hydrogen-bond donors (Lipinski definition) is 0. The molecule has 0 aliphatic carbocycles. The van der Waals surface area contributed by atoms with Gasteiger partial charge in [0.1, 0.15) is 12.3 Å². The molecule has 0 bridgehead atoms. The normalized spacial score (nSPS) is 11.7. The zero-order valence-corrected chi connectivity index (χ0v) is 17.4. The van der Waals surface area contributed by atoms with Gasteiger partial charge in [-0.05, 0) is 46.3 Å². The third-order valence-corrected chi connectivity index (χ3v) is 6.16. The molecule has 1 aromatic carbocycles. The lowest BCUT2D eigenvalue weighted by Gasteiger charge is -2.12. The van der Waals surface area contributed by atoms with Crippen molar-refractivity contribution in [2.45, 2.75) is 11.5 Å². The topological polar surface area (TPSA) is 98.0 Å². The summed E-state index contributed by atoms with van der Waals surface area (Å²) in [4.78, 5) is 28.8. The van der Waals surface area contributed by atoms with Crippen molar-refractivity contribution in [1.82, 2.24) is 13.7 Å². The minimum Gasteiger partial charge on any atom is -0.456 e. The lowest BCUT2D eigenvalue weighted by molar-refractivity contribution is 0.0467. The highest BCUT2D eigenvalue weighted by Crippen LogP contribution is 2.16. The number of hydrogen-bond acceptors (Lipinski definition) is 6. The molecule has 0 aliphatic heterocycles. The molecule has 0 unspecified atom stereocenters. The third kappa shape index (κ3) is 4.13. The van der Waals surface area contributed by atoms with Gasteiger partial charge in [-0.2, -0.15) is 0 Å². The molecule has 3 rings (SSSR count). The predicted octanol–water partition coefficient (Wildman–Crippen LogP) is 2.06. The maximum absolute atomic E-state index is 12.3. The summed E-state index contributed by atoms with van der Waals surface area (Å²) in [6.07, 6.45) is 1.59. The van der Waals surface area contributed by atoms with Gasteiger partial charge < -0.3 is 4.74 Å². The molecule has 2 heterocycles. The molecule has 0 atom stereocenters. The fourth-order valence-electron chi connectivity index (χ4n) is 2.42. The number of halogens is 1. The van der Waals surface area contributed by atoms with E-state index in [2.05, 4.69) is 20.9 Å². The van der Waals surface area contributed by atoms with E-state index in [0.717, 1.165) is 8.78 Å². The van der Waals surface area contributed by atoms with Crippen molar-refractivity contribution in [2.75, 3.05) is 14.1 Å². The number of fused-ring (bicyclic) bond motifs is 1. The molecule has 10 heteroatoms. The highest BCUT2D eigenvalue weighted by Gasteiger charge is 2.19. The third-order valence-electron chi connectivity index (χ3n) is 3.88. The van der Waals surface area contributed by atoms with Crippen LogP contribution >= 0.6 is 15.9 Å². The fraction of sp³-hybridized carbons (Fsp3) is 0.167. The summed E-state index contributed by atoms with van der Waals surface area (Å²) >= 11 is 3.29. The van der Waals surface area contributed by atoms with Gasteiger partial charge >= 0.3 is 5.97 Å². The van der Waals surface area contributed by atoms with Crippen molar-refractivity contribution in [3.05, 3.63) is 74.7 Å². The van der Waals surface area contributed by atoms with Crippen molar-refractivity contribution < 1.29 is 17.9 Å². The van der Waals surface area contributed by atoms with Crippen LogP contribution in [0.3, 0.4) is 0 Å². The lowest BCUT2D eigenvalue weighted by Crippen LogP contribution is -2.22. The zero-order valence-electron chi connectivity index (χ0n) is 15.0. The van der Waals surface area contributed by atoms with E-state index in [-0.39, 0.29) is 28.3 Å². The first kappa shape index (κ1) is 20.2. The number of sulfonamides is 1. The van der Waals surface area contributed by atoms with Gasteiger partial charge in [0.15, 0.2) is 0 Å². The summed E-state index contributed by atoms with van der Waals surface area (Å²) in [7, 11) is -0.857. The Morgan fingerprint density at radius 2 is 1.96 bits per heavy atom. The standard InChI is InChI=1S/C18H16BrN3O5S/c1-21(2)28(25,26)15-5-3-4-12(8-15)18(24)27-11-14-9-17(23)22-10-13(19)6-7-16(22)20-14/h3-10H,11H2,1-2H3. The molecule has 0 saturated carbocycles. The Morgan fingerprint density at radius 3 is 2.68 bits per heavy atom. The van der Waals surface area contributed by atoms with Crippen LogP contribution in [0, 0.1) is 0 Å². The molecule has 0 fully saturated rings. The van der Waals surface area contributed by atoms with Crippen molar-refractivity contribution in [2.24, 2.45) is 0 Å². The summed E-state index contributed by atoms with van der Waals surface area (Å²) in [6.45, 7) is -0.217. The minimum atomic E-state index is -3.67. The number of ether oxygens (including phenoxy) is 1. The van der Waals surface area contributed by atoms with Crippen molar-refractivity contribution in [3.63, 3.8) is 0 Å². The molecule has 0 spiro atoms. The Morgan fingerprint density at radius 1 is 1.21 bits per heavy atom. The van der Waals surface area contributed by atoms with Crippen molar-refractivity contribution in [1.29, 1.82) is 0 Å². The maximum atomic E-state index is 12.3. The van der Waals surface area contributed by atoms with Crippen molar-refractivity contribution in [3.8, 4) is 0 Å². The lowest BCUT2D eigenvalue weighted by atomic mass is 10.2. The Kier molecular flexibility index (Phi) is 5.64. The van der Waals surface area contributed by atoms with Crippen LogP contribution in [0.5, 0.6) is 0 Å². The van der Waals surface area contributed by atoms with Crippen LogP contribution in [0.15, 0.2) is 62.8 Å². The van der Waals surface area contributed by atoms with E-state index >= 15 is 0 Å². The SMILES string of the molecule is CN(C)S(=O)(=O)c1cccc(C(=O)OCc2cc(=O)n3cc(Br)ccc3n2)c1. The average molecular weight is 466 g/mol. The monoisotopic (exact) mass is 465 g/mol. The maximum Gasteiger partial charge on any atom is 0.338 e. The molecule has 0 aliphatic rings. The smallest absolute Gasteiger partial charge is 0.338 e. The average Bonchev–Trinajstić information content (AvgIpc) is 2.66. The first-order chi connectivity index (χ1) is 13.2. The van der Waals surface area contributed by atoms with Gasteiger partial charge in [-0.1, -0.05) is 6.07 Å². The number of rotatable bonds is 5. The molecule has 0 amide bonds. The van der Waals surface area contributed by atoms with Gasteiger partial charge in [0.05, 0.1) is 16.2 Å². The fourth-order valence-corrected chi connectivity index (χ4v) is 3.70. The van der Waals surface area contributed by atoms with Crippen LogP contribution in [0.2, 0.25) is 0 Å². The Balaban J connectivity index is 1.80. The molecule has 28 heavy (non-hydrogen) atoms. The van der Waals surface area contributed by atoms with Crippen LogP contribution < -0.4 is 5.56 Å². The van der Waals surface area contributed by atoms with E-state index in [0.29, 0.717) is 5.65 Å². The predicted molar refractivity (Wildman–Crippen MR) is 106 cm³/mol. The second-order valence-corrected chi connectivity index (χ2v) is 9.12. The van der Waals surface area contributed by atoms with Gasteiger partial charge in [-0.3, -0.25) is 9.20 Å². The molecule has 0 radical (unpaired) electrons. The van der Waals surface area contributed by atoms with E-state index < -0.39 is 16.0 Å². The molecule has 2 aromatic heterocycles. The summed E-state index contributed by atoms with van der Waals surface area (Å²) in [5.74, 6) is -0.714. The highest BCUT2D eigenvalue weighted by molar-refractivity contribution is 9.10. The van der Waals surface area contributed by atoms with E-state index in [1.165, 1.54) is 48.8 Å². The molecule has 8 nitrogen and oxygen atoms in total. The first-order valence-corrected chi connectivity index (χ1v) is 10.3. The number of aromatic nitrogens is 2. The van der Waals surface area contributed by atoms with Crippen LogP contribution in [-0.4, -0.2) is 42.2 Å². The van der Waals surface area contributed by atoms with Crippen molar-refractivity contribution >= 4 is 37.6 Å². The molecule has 0 saturated heterocycles. The Hall–Kier alpha value is -2.56. The van der Waals surface area contributed by atoms with Crippen LogP contribution in [0.4, 0.5) is 0 Å². The second-order valence-electron chi connectivity index (χ2n) is 6.05. The summed E-state index contributed by atoms with van der Waals surface area (Å²) in [5, 5.41) is 0. The molecule has 0 N–H and O–H groups in total. The molecular weight excluding hydrogens is 450 g/mol. The molecular formula is C18H16BrN3O5S. The van der Waals surface area contributed by atoms with Crippen LogP contribution in [0.25, 0.3) is 5.65 Å². The van der Waals surface area contributed by atoms with E-state index in [1.807, 2.05) is 0 Å². The van der Waals surface area contributed by atoms with E-state index in [1.54, 1.807) is 18.3 Å². The first-order valence-electron chi connectivity index (χ1n) is 8.06. The van der Waals surface area contributed by atoms with Gasteiger partial charge in [0.2, 0.25) is 10.0 Å². The second kappa shape index (κ2) is 7.82. The quantitative estimate of drug-likeness (QED) is 0.534. The Labute approximate surface area is 169 Å². The number of nitrogens with zero attached hydrogens (tertiary/aromatic N) is 3. The van der Waals surface area contributed by atoms with Gasteiger partial charge in [0, 0.05) is 30.8 Å². The Bertz CT molecular complexity index is 1220. The number of carbonyl (C=O) groups is 1. The van der Waals surface area contributed by atoms with Crippen LogP contribution in [-0.2, 0) is 21.4 Å². The summed E-state index contributed by atoms with van der Waals surface area (Å²) in [5.41, 5.74) is 0.486. The largest absolute Gasteiger partial charge is 0.456 e. The summed E-state index contributed by atoms with van der Waals surface area (Å²) < 4.78 is 32.7. The number of carbonyl (C=O) groups excluding carboxylic acids is 1. The number of benzene rings is 1. The van der Waals surface area contributed by atoms with E-state index in [9.17, 15) is 18.0 Å². The molecule has 3 aromatic rings. The summed E-state index contributed by atoms with van der Waals surface area (Å²) in [6, 6.07) is 10.2. The number of esters is 1. The highest BCUT2D eigenvalue weighted by atomic mass is 79.9. The van der Waals surface area contributed by atoms with E-state index in [4.69, 9.17) is 4.74 Å². The van der Waals surface area contributed by atoms with Gasteiger partial charge in [-0.25, -0.2) is 22.5 Å². The number of pyridine rings is 1. The van der Waals surface area contributed by atoms with Gasteiger partial charge in [-0.15, -0.1) is 0 Å².